The third kappa shape index (κ3) is 5.75. The molecule has 0 unspecified atom stereocenters. The molecule has 0 saturated carbocycles. The quantitative estimate of drug-likeness (QED) is 0.889. The molecule has 0 bridgehead atoms. The molecule has 78 valence electrons. The molecule has 2 N–H and O–H groups in total. The van der Waals surface area contributed by atoms with Crippen LogP contribution in [0.1, 0.15) is 25.8 Å². The summed E-state index contributed by atoms with van der Waals surface area (Å²) in [6.07, 6.45) is 1.13. The lowest BCUT2D eigenvalue weighted by molar-refractivity contribution is -0.117. The third-order valence-corrected chi connectivity index (χ3v) is 2.04. The van der Waals surface area contributed by atoms with E-state index in [4.69, 9.17) is 5.73 Å². The van der Waals surface area contributed by atoms with E-state index in [9.17, 15) is 4.79 Å². The second-order valence-corrected chi connectivity index (χ2v) is 3.51. The van der Waals surface area contributed by atoms with Gasteiger partial charge in [0.1, 0.15) is 0 Å². The molecule has 0 aromatic heterocycles. The van der Waals surface area contributed by atoms with Crippen molar-refractivity contribution in [3.05, 3.63) is 34.3 Å². The Hall–Kier alpha value is -0.830. The van der Waals surface area contributed by atoms with Crippen molar-refractivity contribution in [3.63, 3.8) is 0 Å². The molecule has 0 spiro atoms. The average Bonchev–Trinajstić information content (AvgIpc) is 2.18. The van der Waals surface area contributed by atoms with Gasteiger partial charge in [-0.15, -0.1) is 0 Å². The molecule has 2 nitrogen and oxygen atoms in total. The Bertz CT molecular complexity index is 286. The summed E-state index contributed by atoms with van der Waals surface area (Å²) in [6.45, 7) is 4.00. The first kappa shape index (κ1) is 13.2. The third-order valence-electron chi connectivity index (χ3n) is 1.55. The molecule has 1 aromatic rings. The van der Waals surface area contributed by atoms with Gasteiger partial charge in [0.25, 0.3) is 0 Å². The molecule has 0 atom stereocenters. The van der Waals surface area contributed by atoms with Gasteiger partial charge in [0.15, 0.2) is 0 Å². The fourth-order valence-electron chi connectivity index (χ4n) is 0.960. The summed E-state index contributed by atoms with van der Waals surface area (Å²) < 4.78 is 1.03. The van der Waals surface area contributed by atoms with E-state index in [2.05, 4.69) is 15.9 Å². The lowest BCUT2D eigenvalue weighted by atomic mass is 10.1. The summed E-state index contributed by atoms with van der Waals surface area (Å²) in [6, 6.07) is 7.87. The van der Waals surface area contributed by atoms with Crippen LogP contribution in [-0.2, 0) is 11.2 Å². The molecular weight excluding hydrogens is 242 g/mol. The highest BCUT2D eigenvalue weighted by Crippen LogP contribution is 2.12. The number of halogens is 1. The van der Waals surface area contributed by atoms with Crippen LogP contribution in [0.25, 0.3) is 0 Å². The van der Waals surface area contributed by atoms with Crippen LogP contribution in [-0.4, -0.2) is 5.91 Å². The number of primary amides is 1. The summed E-state index contributed by atoms with van der Waals surface area (Å²) in [5, 5.41) is 0. The molecule has 0 aliphatic carbocycles. The molecular formula is C11H16BrNO. The van der Waals surface area contributed by atoms with Crippen LogP contribution in [0.15, 0.2) is 28.7 Å². The van der Waals surface area contributed by atoms with Gasteiger partial charge in [0.05, 0.1) is 0 Å². The Morgan fingerprint density at radius 1 is 1.43 bits per heavy atom. The van der Waals surface area contributed by atoms with E-state index in [1.165, 1.54) is 0 Å². The van der Waals surface area contributed by atoms with Crippen LogP contribution < -0.4 is 5.73 Å². The van der Waals surface area contributed by atoms with Gasteiger partial charge in [-0.3, -0.25) is 4.79 Å². The highest BCUT2D eigenvalue weighted by atomic mass is 79.9. The predicted molar refractivity (Wildman–Crippen MR) is 63.0 cm³/mol. The molecule has 14 heavy (non-hydrogen) atoms. The molecule has 0 heterocycles. The van der Waals surface area contributed by atoms with Gasteiger partial charge in [-0.05, 0) is 24.1 Å². The molecule has 1 amide bonds. The molecule has 0 aliphatic rings. The maximum Gasteiger partial charge on any atom is 0.217 e. The van der Waals surface area contributed by atoms with Gasteiger partial charge in [0.2, 0.25) is 5.91 Å². The van der Waals surface area contributed by atoms with Crippen molar-refractivity contribution in [1.82, 2.24) is 0 Å². The van der Waals surface area contributed by atoms with E-state index in [-0.39, 0.29) is 5.91 Å². The van der Waals surface area contributed by atoms with Gasteiger partial charge in [-0.1, -0.05) is 41.9 Å². The summed E-state index contributed by atoms with van der Waals surface area (Å²) in [5.41, 5.74) is 6.16. The van der Waals surface area contributed by atoms with Crippen molar-refractivity contribution in [2.24, 2.45) is 5.73 Å². The van der Waals surface area contributed by atoms with Crippen molar-refractivity contribution in [2.45, 2.75) is 26.7 Å². The highest BCUT2D eigenvalue weighted by Gasteiger charge is 1.97. The second kappa shape index (κ2) is 7.56. The van der Waals surface area contributed by atoms with Crippen molar-refractivity contribution < 1.29 is 4.79 Å². The topological polar surface area (TPSA) is 43.1 Å². The van der Waals surface area contributed by atoms with Crippen molar-refractivity contribution in [1.29, 1.82) is 0 Å². The molecule has 0 fully saturated rings. The van der Waals surface area contributed by atoms with Gasteiger partial charge in [-0.2, -0.15) is 0 Å². The molecule has 1 aromatic carbocycles. The number of benzene rings is 1. The normalized spacial score (nSPS) is 8.79. The lowest BCUT2D eigenvalue weighted by Gasteiger charge is -1.98. The molecule has 0 aliphatic heterocycles. The summed E-state index contributed by atoms with van der Waals surface area (Å²) >= 11 is 3.35. The number of nitrogens with two attached hydrogens (primary N) is 1. The fraction of sp³-hybridized carbons (Fsp3) is 0.364. The van der Waals surface area contributed by atoms with Gasteiger partial charge < -0.3 is 5.73 Å². The van der Waals surface area contributed by atoms with Crippen molar-refractivity contribution >= 4 is 21.8 Å². The lowest BCUT2D eigenvalue weighted by Crippen LogP contribution is -2.11. The predicted octanol–water partition coefficient (Wildman–Crippen LogP) is 2.89. The Balaban J connectivity index is 0.000000791. The van der Waals surface area contributed by atoms with Crippen LogP contribution in [0.5, 0.6) is 0 Å². The SMILES string of the molecule is CC.NC(=O)CCc1cccc(Br)c1. The summed E-state index contributed by atoms with van der Waals surface area (Å²) in [5.74, 6) is -0.255. The largest absolute Gasteiger partial charge is 0.370 e. The van der Waals surface area contributed by atoms with Crippen LogP contribution in [0, 0.1) is 0 Å². The van der Waals surface area contributed by atoms with Crippen molar-refractivity contribution in [2.75, 3.05) is 0 Å². The van der Waals surface area contributed by atoms with Crippen LogP contribution in [0.4, 0.5) is 0 Å². The van der Waals surface area contributed by atoms with Crippen LogP contribution >= 0.6 is 15.9 Å². The summed E-state index contributed by atoms with van der Waals surface area (Å²) in [7, 11) is 0. The smallest absolute Gasteiger partial charge is 0.217 e. The van der Waals surface area contributed by atoms with E-state index in [1.54, 1.807) is 0 Å². The maximum absolute atomic E-state index is 10.5. The average molecular weight is 258 g/mol. The van der Waals surface area contributed by atoms with Crippen LogP contribution in [0.3, 0.4) is 0 Å². The number of rotatable bonds is 3. The minimum absolute atomic E-state index is 0.255. The number of carbonyl (C=O) groups excluding carboxylic acids is 1. The van der Waals surface area contributed by atoms with Crippen LogP contribution in [0.2, 0.25) is 0 Å². The van der Waals surface area contributed by atoms with Gasteiger partial charge in [0, 0.05) is 10.9 Å². The first-order chi connectivity index (χ1) is 6.68. The number of carbonyl (C=O) groups is 1. The van der Waals surface area contributed by atoms with Crippen molar-refractivity contribution in [3.8, 4) is 0 Å². The Morgan fingerprint density at radius 3 is 2.57 bits per heavy atom. The summed E-state index contributed by atoms with van der Waals surface area (Å²) in [4.78, 5) is 10.5. The van der Waals surface area contributed by atoms with E-state index < -0.39 is 0 Å². The molecule has 0 saturated heterocycles. The zero-order valence-electron chi connectivity index (χ0n) is 8.59. The number of aryl methyl sites for hydroxylation is 1. The number of amides is 1. The van der Waals surface area contributed by atoms with E-state index in [0.717, 1.165) is 16.5 Å². The zero-order valence-corrected chi connectivity index (χ0v) is 10.2. The molecule has 3 heteroatoms. The van der Waals surface area contributed by atoms with E-state index >= 15 is 0 Å². The second-order valence-electron chi connectivity index (χ2n) is 2.60. The highest BCUT2D eigenvalue weighted by molar-refractivity contribution is 9.10. The van der Waals surface area contributed by atoms with E-state index in [1.807, 2.05) is 38.1 Å². The molecule has 1 rings (SSSR count). The Morgan fingerprint density at radius 2 is 2.07 bits per heavy atom. The maximum atomic E-state index is 10.5. The first-order valence-corrected chi connectivity index (χ1v) is 5.50. The number of hydrogen-bond donors (Lipinski definition) is 1. The first-order valence-electron chi connectivity index (χ1n) is 4.71. The molecule has 0 radical (unpaired) electrons. The van der Waals surface area contributed by atoms with Gasteiger partial charge in [-0.25, -0.2) is 0 Å². The standard InChI is InChI=1S/C9H10BrNO.C2H6/c10-8-3-1-2-7(6-8)4-5-9(11)12;1-2/h1-3,6H,4-5H2,(H2,11,12);1-2H3. The Labute approximate surface area is 93.6 Å². The minimum Gasteiger partial charge on any atom is -0.370 e. The fourth-order valence-corrected chi connectivity index (χ4v) is 1.41. The van der Waals surface area contributed by atoms with E-state index in [0.29, 0.717) is 6.42 Å². The minimum atomic E-state index is -0.255. The monoisotopic (exact) mass is 257 g/mol. The van der Waals surface area contributed by atoms with Gasteiger partial charge >= 0.3 is 0 Å². The number of hydrogen-bond acceptors (Lipinski definition) is 1. The Kier molecular flexibility index (Phi) is 7.11. The zero-order chi connectivity index (χ0) is 11.0.